The highest BCUT2D eigenvalue weighted by Crippen LogP contribution is 2.22. The summed E-state index contributed by atoms with van der Waals surface area (Å²) in [7, 11) is 0. The molecule has 4 N–H and O–H groups in total. The number of carboxylic acids is 3. The predicted octanol–water partition coefficient (Wildman–Crippen LogP) is -1.50. The number of carboxylic acid groups (broad SMARTS) is 3. The number of nitriles is 1. The van der Waals surface area contributed by atoms with Gasteiger partial charge in [0.1, 0.15) is 0 Å². The number of hydrogen-bond donors (Lipinski definition) is 4. The highest BCUT2D eigenvalue weighted by atomic mass is 16.4. The first-order chi connectivity index (χ1) is 6.75. The quantitative estimate of drug-likeness (QED) is 0.433. The molecule has 0 radical (unpaired) electrons. The van der Waals surface area contributed by atoms with Crippen molar-refractivity contribution in [3.63, 3.8) is 0 Å². The Morgan fingerprint density at radius 3 is 1.93 bits per heavy atom. The van der Waals surface area contributed by atoms with Crippen LogP contribution < -0.4 is 0 Å². The van der Waals surface area contributed by atoms with Crippen LogP contribution in [0.3, 0.4) is 0 Å². The van der Waals surface area contributed by atoms with Gasteiger partial charge in [0.25, 0.3) is 0 Å². The van der Waals surface area contributed by atoms with Gasteiger partial charge >= 0.3 is 17.9 Å². The van der Waals surface area contributed by atoms with Crippen molar-refractivity contribution in [2.45, 2.75) is 12.0 Å². The maximum Gasteiger partial charge on any atom is 0.338 e. The van der Waals surface area contributed by atoms with Gasteiger partial charge in [-0.3, -0.25) is 9.59 Å². The topological polar surface area (TPSA) is 156 Å². The summed E-state index contributed by atoms with van der Waals surface area (Å²) >= 11 is 0. The molecule has 0 heterocycles. The SMILES string of the molecule is N#CC(C(=O)O)C(O)(CC(=O)O)C(=O)O. The Balaban J connectivity index is 5.28. The molecule has 0 aliphatic heterocycles. The third kappa shape index (κ3) is 2.65. The number of rotatable bonds is 5. The van der Waals surface area contributed by atoms with E-state index in [9.17, 15) is 19.5 Å². The summed E-state index contributed by atoms with van der Waals surface area (Å²) in [5.74, 6) is -8.03. The Hall–Kier alpha value is -2.14. The lowest BCUT2D eigenvalue weighted by Crippen LogP contribution is -2.50. The zero-order valence-corrected chi connectivity index (χ0v) is 7.25. The van der Waals surface area contributed by atoms with Crippen LogP contribution in [0.1, 0.15) is 6.42 Å². The van der Waals surface area contributed by atoms with Crippen molar-refractivity contribution < 1.29 is 34.8 Å². The minimum absolute atomic E-state index is 1.04. The second-order valence-corrected chi connectivity index (χ2v) is 2.70. The van der Waals surface area contributed by atoms with E-state index in [-0.39, 0.29) is 0 Å². The zero-order chi connectivity index (χ0) is 12.2. The number of carbonyl (C=O) groups is 3. The molecular formula is C7H7NO7. The number of nitrogens with zero attached hydrogens (tertiary/aromatic N) is 1. The van der Waals surface area contributed by atoms with Gasteiger partial charge in [-0.15, -0.1) is 0 Å². The van der Waals surface area contributed by atoms with Gasteiger partial charge in [-0.05, 0) is 0 Å². The largest absolute Gasteiger partial charge is 0.481 e. The molecule has 0 aliphatic rings. The third-order valence-corrected chi connectivity index (χ3v) is 1.64. The molecule has 0 aromatic rings. The molecule has 0 rings (SSSR count). The van der Waals surface area contributed by atoms with E-state index in [1.54, 1.807) is 0 Å². The van der Waals surface area contributed by atoms with E-state index < -0.39 is 35.8 Å². The predicted molar refractivity (Wildman–Crippen MR) is 41.6 cm³/mol. The van der Waals surface area contributed by atoms with Crippen LogP contribution in [0, 0.1) is 17.2 Å². The molecule has 0 aliphatic carbocycles. The first-order valence-electron chi connectivity index (χ1n) is 3.55. The Morgan fingerprint density at radius 2 is 1.73 bits per heavy atom. The second kappa shape index (κ2) is 4.39. The van der Waals surface area contributed by atoms with Gasteiger partial charge in [-0.1, -0.05) is 0 Å². The molecule has 0 saturated heterocycles. The van der Waals surface area contributed by atoms with Gasteiger partial charge in [0.2, 0.25) is 0 Å². The van der Waals surface area contributed by atoms with Gasteiger partial charge in [0.05, 0.1) is 12.5 Å². The van der Waals surface area contributed by atoms with Crippen molar-refractivity contribution in [3.05, 3.63) is 0 Å². The molecule has 2 atom stereocenters. The van der Waals surface area contributed by atoms with Gasteiger partial charge in [-0.25, -0.2) is 4.79 Å². The van der Waals surface area contributed by atoms with E-state index in [0.717, 1.165) is 6.07 Å². The molecule has 2 unspecified atom stereocenters. The molecule has 15 heavy (non-hydrogen) atoms. The van der Waals surface area contributed by atoms with Crippen molar-refractivity contribution >= 4 is 17.9 Å². The fraction of sp³-hybridized carbons (Fsp3) is 0.429. The van der Waals surface area contributed by atoms with E-state index in [1.807, 2.05) is 0 Å². The molecule has 0 saturated carbocycles. The van der Waals surface area contributed by atoms with E-state index >= 15 is 0 Å². The molecule has 0 bridgehead atoms. The minimum atomic E-state index is -3.13. The average Bonchev–Trinajstić information content (AvgIpc) is 2.02. The van der Waals surface area contributed by atoms with Crippen LogP contribution in [-0.2, 0) is 14.4 Å². The highest BCUT2D eigenvalue weighted by molar-refractivity contribution is 5.90. The lowest BCUT2D eigenvalue weighted by Gasteiger charge is -2.23. The zero-order valence-electron chi connectivity index (χ0n) is 7.25. The summed E-state index contributed by atoms with van der Waals surface area (Å²) in [6.45, 7) is 0. The minimum Gasteiger partial charge on any atom is -0.481 e. The van der Waals surface area contributed by atoms with E-state index in [2.05, 4.69) is 0 Å². The maximum absolute atomic E-state index is 10.5. The Morgan fingerprint density at radius 1 is 1.27 bits per heavy atom. The molecule has 0 spiro atoms. The van der Waals surface area contributed by atoms with Crippen LogP contribution in [0.25, 0.3) is 0 Å². The molecule has 0 amide bonds. The van der Waals surface area contributed by atoms with E-state index in [4.69, 9.17) is 20.6 Å². The van der Waals surface area contributed by atoms with Gasteiger partial charge in [-0.2, -0.15) is 5.26 Å². The number of aliphatic hydroxyl groups is 1. The van der Waals surface area contributed by atoms with Gasteiger partial charge in [0.15, 0.2) is 11.5 Å². The first-order valence-corrected chi connectivity index (χ1v) is 3.55. The molecule has 8 heteroatoms. The Kier molecular flexibility index (Phi) is 3.76. The number of hydrogen-bond acceptors (Lipinski definition) is 5. The standard InChI is InChI=1S/C7H7NO7/c8-2-3(5(11)12)7(15,6(13)14)1-4(9)10/h3,15H,1H2,(H,9,10)(H,11,12)(H,13,14). The van der Waals surface area contributed by atoms with E-state index in [0.29, 0.717) is 0 Å². The highest BCUT2D eigenvalue weighted by Gasteiger charge is 2.50. The molecule has 0 aromatic heterocycles. The summed E-state index contributed by atoms with van der Waals surface area (Å²) in [4.78, 5) is 31.2. The summed E-state index contributed by atoms with van der Waals surface area (Å²) < 4.78 is 0. The van der Waals surface area contributed by atoms with Crippen LogP contribution in [0.2, 0.25) is 0 Å². The van der Waals surface area contributed by atoms with Crippen molar-refractivity contribution in [1.82, 2.24) is 0 Å². The fourth-order valence-corrected chi connectivity index (χ4v) is 0.898. The van der Waals surface area contributed by atoms with Crippen molar-refractivity contribution in [2.24, 2.45) is 5.92 Å². The van der Waals surface area contributed by atoms with E-state index in [1.165, 1.54) is 0 Å². The maximum atomic E-state index is 10.5. The molecule has 8 nitrogen and oxygen atoms in total. The molecule has 0 fully saturated rings. The van der Waals surface area contributed by atoms with Crippen LogP contribution in [0.15, 0.2) is 0 Å². The normalized spacial score (nSPS) is 15.7. The summed E-state index contributed by atoms with van der Waals surface area (Å²) in [5, 5.41) is 42.9. The Bertz CT molecular complexity index is 344. The van der Waals surface area contributed by atoms with Crippen molar-refractivity contribution in [2.75, 3.05) is 0 Å². The van der Waals surface area contributed by atoms with Gasteiger partial charge in [0, 0.05) is 0 Å². The summed E-state index contributed by atoms with van der Waals surface area (Å²) in [6, 6.07) is 1.04. The monoisotopic (exact) mass is 217 g/mol. The summed E-state index contributed by atoms with van der Waals surface area (Å²) in [5.41, 5.74) is -3.13. The molecular weight excluding hydrogens is 210 g/mol. The third-order valence-electron chi connectivity index (χ3n) is 1.64. The molecule has 82 valence electrons. The molecule has 0 aromatic carbocycles. The van der Waals surface area contributed by atoms with Crippen LogP contribution in [0.4, 0.5) is 0 Å². The van der Waals surface area contributed by atoms with Crippen LogP contribution >= 0.6 is 0 Å². The second-order valence-electron chi connectivity index (χ2n) is 2.70. The van der Waals surface area contributed by atoms with Crippen LogP contribution in [0.5, 0.6) is 0 Å². The van der Waals surface area contributed by atoms with Gasteiger partial charge < -0.3 is 20.4 Å². The smallest absolute Gasteiger partial charge is 0.338 e. The van der Waals surface area contributed by atoms with Crippen molar-refractivity contribution in [1.29, 1.82) is 5.26 Å². The first kappa shape index (κ1) is 12.9. The average molecular weight is 217 g/mol. The number of aliphatic carboxylic acids is 3. The summed E-state index contributed by atoms with van der Waals surface area (Å²) in [6.07, 6.45) is -1.37. The fourth-order valence-electron chi connectivity index (χ4n) is 0.898. The van der Waals surface area contributed by atoms with Crippen molar-refractivity contribution in [3.8, 4) is 6.07 Å². The van der Waals surface area contributed by atoms with Crippen LogP contribution in [-0.4, -0.2) is 43.9 Å². The lowest BCUT2D eigenvalue weighted by molar-refractivity contribution is -0.175. The lowest BCUT2D eigenvalue weighted by atomic mass is 9.85. The Labute approximate surface area is 83.0 Å².